The molecule has 0 radical (unpaired) electrons. The van der Waals surface area contributed by atoms with E-state index in [-0.39, 0.29) is 11.6 Å². The zero-order valence-corrected chi connectivity index (χ0v) is 19.0. The van der Waals surface area contributed by atoms with Gasteiger partial charge in [0.2, 0.25) is 5.91 Å². The highest BCUT2D eigenvalue weighted by Gasteiger charge is 2.40. The number of para-hydroxylation sites is 2. The molecular weight excluding hydrogens is 451 g/mol. The molecule has 32 heavy (non-hydrogen) atoms. The quantitative estimate of drug-likeness (QED) is 0.627. The van der Waals surface area contributed by atoms with Crippen LogP contribution in [0.5, 0.6) is 0 Å². The fourth-order valence-corrected chi connectivity index (χ4v) is 5.00. The fraction of sp³-hybridized carbons (Fsp3) is 0.375. The fourth-order valence-electron chi connectivity index (χ4n) is 4.51. The molecule has 6 nitrogen and oxygen atoms in total. The molecule has 2 atom stereocenters. The number of anilines is 2. The van der Waals surface area contributed by atoms with Crippen molar-refractivity contribution < 1.29 is 19.1 Å². The number of fused-ring (bicyclic) bond motifs is 1. The van der Waals surface area contributed by atoms with Crippen molar-refractivity contribution in [3.63, 3.8) is 0 Å². The van der Waals surface area contributed by atoms with Gasteiger partial charge in [0.15, 0.2) is 6.61 Å². The molecule has 0 spiro atoms. The summed E-state index contributed by atoms with van der Waals surface area (Å²) in [6, 6.07) is 12.7. The molecule has 1 N–H and O–H groups in total. The minimum Gasteiger partial charge on any atom is -0.455 e. The normalized spacial score (nSPS) is 19.9. The van der Waals surface area contributed by atoms with Crippen LogP contribution in [-0.4, -0.2) is 30.9 Å². The Balaban J connectivity index is 1.39. The van der Waals surface area contributed by atoms with Crippen LogP contribution in [-0.2, 0) is 25.5 Å². The first-order valence-corrected chi connectivity index (χ1v) is 11.5. The lowest BCUT2D eigenvalue weighted by molar-refractivity contribution is -0.156. The van der Waals surface area contributed by atoms with Crippen LogP contribution in [0.3, 0.4) is 0 Å². The van der Waals surface area contributed by atoms with Crippen molar-refractivity contribution in [2.45, 2.75) is 32.1 Å². The number of ether oxygens (including phenoxy) is 1. The highest BCUT2D eigenvalue weighted by Crippen LogP contribution is 2.36. The number of rotatable bonds is 5. The first-order chi connectivity index (χ1) is 15.5. The summed E-state index contributed by atoms with van der Waals surface area (Å²) in [5.74, 6) is -2.09. The van der Waals surface area contributed by atoms with Crippen molar-refractivity contribution in [3.8, 4) is 0 Å². The molecule has 1 saturated carbocycles. The molecule has 8 heteroatoms. The molecule has 0 saturated heterocycles. The minimum atomic E-state index is -0.555. The molecular formula is C24H24Cl2N2O4. The summed E-state index contributed by atoms with van der Waals surface area (Å²) in [7, 11) is 0. The molecule has 0 aromatic heterocycles. The van der Waals surface area contributed by atoms with E-state index in [0.717, 1.165) is 30.5 Å². The molecule has 168 valence electrons. The highest BCUT2D eigenvalue weighted by atomic mass is 35.5. The molecule has 2 aromatic rings. The number of amides is 2. The number of carbonyl (C=O) groups is 3. The molecule has 2 aromatic carbocycles. The van der Waals surface area contributed by atoms with Crippen molar-refractivity contribution >= 4 is 52.4 Å². The average molecular weight is 475 g/mol. The van der Waals surface area contributed by atoms with E-state index >= 15 is 0 Å². The average Bonchev–Trinajstić information content (AvgIpc) is 3.24. The maximum absolute atomic E-state index is 13.3. The second kappa shape index (κ2) is 9.92. The lowest BCUT2D eigenvalue weighted by atomic mass is 9.78. The molecule has 2 amide bonds. The maximum atomic E-state index is 13.3. The van der Waals surface area contributed by atoms with Gasteiger partial charge in [0, 0.05) is 12.2 Å². The van der Waals surface area contributed by atoms with Gasteiger partial charge in [-0.15, -0.1) is 0 Å². The van der Waals surface area contributed by atoms with Gasteiger partial charge in [-0.25, -0.2) is 0 Å². The van der Waals surface area contributed by atoms with Crippen molar-refractivity contribution in [1.82, 2.24) is 0 Å². The number of halogens is 2. The highest BCUT2D eigenvalue weighted by molar-refractivity contribution is 6.39. The van der Waals surface area contributed by atoms with Crippen molar-refractivity contribution in [2.24, 2.45) is 11.8 Å². The number of nitrogens with zero attached hydrogens (tertiary/aromatic N) is 1. The third-order valence-electron chi connectivity index (χ3n) is 6.11. The molecule has 1 heterocycles. The number of carbonyl (C=O) groups excluding carboxylic acids is 3. The van der Waals surface area contributed by atoms with E-state index in [1.807, 2.05) is 24.3 Å². The largest absolute Gasteiger partial charge is 0.455 e. The van der Waals surface area contributed by atoms with Crippen LogP contribution in [0.15, 0.2) is 42.5 Å². The van der Waals surface area contributed by atoms with Crippen molar-refractivity contribution in [2.75, 3.05) is 23.4 Å². The van der Waals surface area contributed by atoms with E-state index < -0.39 is 30.3 Å². The zero-order valence-electron chi connectivity index (χ0n) is 17.5. The molecule has 0 unspecified atom stereocenters. The van der Waals surface area contributed by atoms with Crippen LogP contribution in [0.2, 0.25) is 10.0 Å². The van der Waals surface area contributed by atoms with E-state index in [9.17, 15) is 14.4 Å². The standard InChI is InChI=1S/C24H24Cl2N2O4/c25-18-9-5-10-19(26)22(18)27-21(29)14-32-24(31)17-8-3-2-7-16(17)23(30)28-13-12-15-6-1-4-11-20(15)28/h1,4-6,9-11,16-17H,2-3,7-8,12-14H2,(H,27,29)/t16-,17-/m0/s1. The number of benzene rings is 2. The van der Waals surface area contributed by atoms with E-state index in [0.29, 0.717) is 29.4 Å². The number of nitrogens with one attached hydrogen (secondary N) is 1. The number of esters is 1. The SMILES string of the molecule is O=C(COC(=O)[C@H]1CCCC[C@@H]1C(=O)N1CCc2ccccc21)Nc1c(Cl)cccc1Cl. The van der Waals surface area contributed by atoms with Crippen molar-refractivity contribution in [3.05, 3.63) is 58.1 Å². The molecule has 1 fully saturated rings. The molecule has 1 aliphatic carbocycles. The summed E-state index contributed by atoms with van der Waals surface area (Å²) in [5, 5.41) is 3.16. The van der Waals surface area contributed by atoms with Gasteiger partial charge in [0.25, 0.3) is 5.91 Å². The lowest BCUT2D eigenvalue weighted by Crippen LogP contribution is -2.42. The Morgan fingerprint density at radius 2 is 1.66 bits per heavy atom. The third kappa shape index (κ3) is 4.76. The maximum Gasteiger partial charge on any atom is 0.310 e. The van der Waals surface area contributed by atoms with Gasteiger partial charge >= 0.3 is 5.97 Å². The number of hydrogen-bond acceptors (Lipinski definition) is 4. The molecule has 0 bridgehead atoms. The van der Waals surface area contributed by atoms with Gasteiger partial charge in [-0.1, -0.05) is 60.3 Å². The predicted octanol–water partition coefficient (Wildman–Crippen LogP) is 4.87. The van der Waals surface area contributed by atoms with Crippen LogP contribution < -0.4 is 10.2 Å². The summed E-state index contributed by atoms with van der Waals surface area (Å²) in [6.45, 7) is 0.155. The van der Waals surface area contributed by atoms with E-state index in [4.69, 9.17) is 27.9 Å². The Kier molecular flexibility index (Phi) is 7.01. The van der Waals surface area contributed by atoms with Gasteiger partial charge in [-0.05, 0) is 43.0 Å². The molecule has 4 rings (SSSR count). The Bertz CT molecular complexity index is 1020. The Morgan fingerprint density at radius 1 is 0.969 bits per heavy atom. The van der Waals surface area contributed by atoms with Crippen LogP contribution in [0, 0.1) is 11.8 Å². The third-order valence-corrected chi connectivity index (χ3v) is 6.74. The van der Waals surface area contributed by atoms with E-state index in [2.05, 4.69) is 5.32 Å². The first kappa shape index (κ1) is 22.6. The van der Waals surface area contributed by atoms with Crippen molar-refractivity contribution in [1.29, 1.82) is 0 Å². The Labute approximate surface area is 196 Å². The van der Waals surface area contributed by atoms with Gasteiger partial charge in [0.1, 0.15) is 0 Å². The van der Waals surface area contributed by atoms with Gasteiger partial charge in [-0.2, -0.15) is 0 Å². The monoisotopic (exact) mass is 474 g/mol. The van der Waals surface area contributed by atoms with Gasteiger partial charge in [-0.3, -0.25) is 14.4 Å². The second-order valence-corrected chi connectivity index (χ2v) is 8.93. The zero-order chi connectivity index (χ0) is 22.7. The predicted molar refractivity (Wildman–Crippen MR) is 124 cm³/mol. The van der Waals surface area contributed by atoms with E-state index in [1.54, 1.807) is 23.1 Å². The Morgan fingerprint density at radius 3 is 2.41 bits per heavy atom. The molecule has 2 aliphatic rings. The summed E-state index contributed by atoms with van der Waals surface area (Å²) >= 11 is 12.1. The summed E-state index contributed by atoms with van der Waals surface area (Å²) in [5.41, 5.74) is 2.34. The smallest absolute Gasteiger partial charge is 0.310 e. The topological polar surface area (TPSA) is 75.7 Å². The van der Waals surface area contributed by atoms with Gasteiger partial charge < -0.3 is 15.0 Å². The van der Waals surface area contributed by atoms with Crippen LogP contribution in [0.25, 0.3) is 0 Å². The van der Waals surface area contributed by atoms with Crippen LogP contribution >= 0.6 is 23.2 Å². The van der Waals surface area contributed by atoms with Crippen LogP contribution in [0.1, 0.15) is 31.2 Å². The minimum absolute atomic E-state index is 0.0381. The molecule has 1 aliphatic heterocycles. The lowest BCUT2D eigenvalue weighted by Gasteiger charge is -2.32. The van der Waals surface area contributed by atoms with Crippen LogP contribution in [0.4, 0.5) is 11.4 Å². The first-order valence-electron chi connectivity index (χ1n) is 10.8. The number of hydrogen-bond donors (Lipinski definition) is 1. The summed E-state index contributed by atoms with van der Waals surface area (Å²) < 4.78 is 5.30. The van der Waals surface area contributed by atoms with Gasteiger partial charge in [0.05, 0.1) is 27.6 Å². The summed E-state index contributed by atoms with van der Waals surface area (Å²) in [4.78, 5) is 40.3. The second-order valence-electron chi connectivity index (χ2n) is 8.12. The summed E-state index contributed by atoms with van der Waals surface area (Å²) in [6.07, 6.45) is 3.76. The van der Waals surface area contributed by atoms with E-state index in [1.165, 1.54) is 0 Å². The Hall–Kier alpha value is -2.57.